The Bertz CT molecular complexity index is 1380. The molecule has 3 aromatic rings. The Kier molecular flexibility index (Phi) is 9.75. The normalized spacial score (nSPS) is 12.1. The first-order chi connectivity index (χ1) is 17.7. The van der Waals surface area contributed by atoms with E-state index in [0.717, 1.165) is 10.9 Å². The highest BCUT2D eigenvalue weighted by atomic mass is 32.2. The number of aromatic amines is 1. The number of aliphatic hydroxyl groups is 2. The highest BCUT2D eigenvalue weighted by Crippen LogP contribution is 2.36. The van der Waals surface area contributed by atoms with Gasteiger partial charge in [-0.1, -0.05) is 18.4 Å². The molecular formula is C23H35N7O6S. The van der Waals surface area contributed by atoms with Gasteiger partial charge in [0.1, 0.15) is 11.6 Å². The lowest BCUT2D eigenvalue weighted by Crippen LogP contribution is -2.53. The van der Waals surface area contributed by atoms with Gasteiger partial charge >= 0.3 is 0 Å². The quantitative estimate of drug-likeness (QED) is 0.180. The van der Waals surface area contributed by atoms with Crippen LogP contribution in [0.1, 0.15) is 44.3 Å². The van der Waals surface area contributed by atoms with Gasteiger partial charge in [0.2, 0.25) is 0 Å². The van der Waals surface area contributed by atoms with Gasteiger partial charge in [0, 0.05) is 19.5 Å². The summed E-state index contributed by atoms with van der Waals surface area (Å²) in [4.78, 5) is 20.4. The molecular weight excluding hydrogens is 502 g/mol. The third-order valence-electron chi connectivity index (χ3n) is 5.59. The molecule has 0 saturated carbocycles. The number of benzene rings is 1. The number of imidazole rings is 1. The first kappa shape index (κ1) is 28.7. The highest BCUT2D eigenvalue weighted by Gasteiger charge is 2.30. The molecule has 1 aromatic carbocycles. The number of hydrogen-bond acceptors (Lipinski definition) is 10. The number of fused-ring (bicyclic) bond motifs is 1. The molecule has 0 atom stereocenters. The average Bonchev–Trinajstić information content (AvgIpc) is 3.19. The Morgan fingerprint density at radius 1 is 1.14 bits per heavy atom. The van der Waals surface area contributed by atoms with Crippen molar-refractivity contribution in [2.45, 2.75) is 51.9 Å². The number of nitrogens with one attached hydrogen (secondary N) is 3. The average molecular weight is 538 g/mol. The van der Waals surface area contributed by atoms with Gasteiger partial charge in [0.15, 0.2) is 11.3 Å². The second-order valence-electron chi connectivity index (χ2n) is 8.16. The van der Waals surface area contributed by atoms with E-state index in [1.807, 2.05) is 6.92 Å². The van der Waals surface area contributed by atoms with E-state index in [2.05, 4.69) is 25.9 Å². The number of aromatic nitrogens is 4. The van der Waals surface area contributed by atoms with E-state index in [1.54, 1.807) is 20.8 Å². The zero-order valence-corrected chi connectivity index (χ0v) is 22.4. The minimum absolute atomic E-state index is 0.0469. The summed E-state index contributed by atoms with van der Waals surface area (Å²) >= 11 is 0. The second-order valence-corrected chi connectivity index (χ2v) is 9.92. The molecule has 0 aliphatic rings. The Morgan fingerprint density at radius 3 is 2.38 bits per heavy atom. The van der Waals surface area contributed by atoms with E-state index in [4.69, 9.17) is 4.74 Å². The first-order valence-electron chi connectivity index (χ1n) is 12.3. The summed E-state index contributed by atoms with van der Waals surface area (Å²) in [6.07, 6.45) is 1.68. The van der Waals surface area contributed by atoms with Gasteiger partial charge in [0.25, 0.3) is 15.6 Å². The summed E-state index contributed by atoms with van der Waals surface area (Å²) in [7, 11) is -4.22. The van der Waals surface area contributed by atoms with Crippen LogP contribution in [0.2, 0.25) is 0 Å². The van der Waals surface area contributed by atoms with Crippen molar-refractivity contribution < 1.29 is 23.4 Å². The van der Waals surface area contributed by atoms with E-state index in [9.17, 15) is 23.4 Å². The van der Waals surface area contributed by atoms with Crippen molar-refractivity contribution in [2.75, 3.05) is 32.9 Å². The van der Waals surface area contributed by atoms with E-state index in [1.165, 1.54) is 16.6 Å². The molecule has 37 heavy (non-hydrogen) atoms. The van der Waals surface area contributed by atoms with E-state index in [-0.39, 0.29) is 43.4 Å². The summed E-state index contributed by atoms with van der Waals surface area (Å²) in [5.41, 5.74) is 6.43. The third-order valence-corrected chi connectivity index (χ3v) is 7.27. The van der Waals surface area contributed by atoms with Crippen LogP contribution in [0.5, 0.6) is 5.75 Å². The molecule has 2 heterocycles. The molecule has 13 nitrogen and oxygen atoms in total. The maximum Gasteiger partial charge on any atom is 0.277 e. The smallest absolute Gasteiger partial charge is 0.277 e. The van der Waals surface area contributed by atoms with Crippen LogP contribution in [-0.2, 0) is 22.9 Å². The minimum atomic E-state index is -4.22. The van der Waals surface area contributed by atoms with Crippen molar-refractivity contribution in [3.8, 4) is 17.1 Å². The predicted octanol–water partition coefficient (Wildman–Crippen LogP) is 0.291. The number of hydrazine groups is 2. The molecule has 14 heteroatoms. The Morgan fingerprint density at radius 2 is 1.81 bits per heavy atom. The lowest BCUT2D eigenvalue weighted by Gasteiger charge is -2.25. The van der Waals surface area contributed by atoms with Crippen molar-refractivity contribution in [3.05, 3.63) is 39.6 Å². The van der Waals surface area contributed by atoms with E-state index in [0.29, 0.717) is 46.9 Å². The fraction of sp³-hybridized carbons (Fsp3) is 0.522. The molecule has 2 aromatic heterocycles. The van der Waals surface area contributed by atoms with Crippen LogP contribution in [0, 0.1) is 6.92 Å². The van der Waals surface area contributed by atoms with Crippen LogP contribution in [0.15, 0.2) is 21.8 Å². The number of aryl methyl sites for hydroxylation is 2. The van der Waals surface area contributed by atoms with Gasteiger partial charge in [-0.2, -0.15) is 0 Å². The zero-order valence-electron chi connectivity index (χ0n) is 21.5. The van der Waals surface area contributed by atoms with Crippen LogP contribution < -0.4 is 21.1 Å². The highest BCUT2D eigenvalue weighted by molar-refractivity contribution is 7.89. The van der Waals surface area contributed by atoms with Gasteiger partial charge in [-0.3, -0.25) is 4.79 Å². The Hall–Kier alpha value is -2.88. The van der Waals surface area contributed by atoms with E-state index >= 15 is 0 Å². The molecule has 0 spiro atoms. The van der Waals surface area contributed by atoms with Gasteiger partial charge in [0.05, 0.1) is 36.0 Å². The van der Waals surface area contributed by atoms with Crippen LogP contribution in [0.3, 0.4) is 0 Å². The van der Waals surface area contributed by atoms with Gasteiger partial charge < -0.3 is 19.9 Å². The summed E-state index contributed by atoms with van der Waals surface area (Å²) in [5, 5.41) is 23.1. The monoisotopic (exact) mass is 537 g/mol. The van der Waals surface area contributed by atoms with E-state index < -0.39 is 15.6 Å². The summed E-state index contributed by atoms with van der Waals surface area (Å²) in [6.45, 7) is 6.94. The Balaban J connectivity index is 2.30. The molecule has 5 N–H and O–H groups in total. The number of sulfonamides is 1. The summed E-state index contributed by atoms with van der Waals surface area (Å²) in [6, 6.07) is 2.95. The maximum absolute atomic E-state index is 13.7. The fourth-order valence-corrected chi connectivity index (χ4v) is 5.61. The largest absolute Gasteiger partial charge is 0.493 e. The second kappa shape index (κ2) is 12.6. The molecule has 204 valence electrons. The molecule has 0 amide bonds. The summed E-state index contributed by atoms with van der Waals surface area (Å²) < 4.78 is 35.5. The number of aliphatic hydroxyl groups excluding tert-OH is 2. The third kappa shape index (κ3) is 5.84. The number of rotatable bonds is 14. The lowest BCUT2D eigenvalue weighted by atomic mass is 10.0. The first-order valence-corrected chi connectivity index (χ1v) is 13.7. The molecule has 3 rings (SSSR count). The maximum atomic E-state index is 13.7. The van der Waals surface area contributed by atoms with Gasteiger partial charge in [-0.05, 0) is 44.4 Å². The molecule has 0 radical (unpaired) electrons. The lowest BCUT2D eigenvalue weighted by molar-refractivity contribution is 0.180. The van der Waals surface area contributed by atoms with Gasteiger partial charge in [-0.15, -0.1) is 5.10 Å². The standard InChI is InChI=1S/C23H35N7O6S/c1-5-8-19-26-15(4)21-23(33)27-22(28-29(19)21)20-16(6-2)18(10-9-17(20)36-7-3)37(34,35)30(24-11-13-31)25-12-14-32/h9-10,24-25,31-32H,5-8,11-14H2,1-4H3,(H,27,28,33). The summed E-state index contributed by atoms with van der Waals surface area (Å²) in [5.74, 6) is 1.16. The Labute approximate surface area is 215 Å². The van der Waals surface area contributed by atoms with Crippen molar-refractivity contribution in [3.63, 3.8) is 0 Å². The van der Waals surface area contributed by atoms with Crippen molar-refractivity contribution in [2.24, 2.45) is 0 Å². The number of nitrogens with zero attached hydrogens (tertiary/aromatic N) is 4. The zero-order chi connectivity index (χ0) is 27.2. The molecule has 0 aliphatic heterocycles. The van der Waals surface area contributed by atoms with Crippen LogP contribution in [0.4, 0.5) is 0 Å². The molecule has 0 aliphatic carbocycles. The van der Waals surface area contributed by atoms with Crippen LogP contribution >= 0.6 is 0 Å². The minimum Gasteiger partial charge on any atom is -0.493 e. The number of ether oxygens (including phenoxy) is 1. The van der Waals surface area contributed by atoms with Crippen molar-refractivity contribution in [1.29, 1.82) is 0 Å². The fourth-order valence-electron chi connectivity index (χ4n) is 4.10. The van der Waals surface area contributed by atoms with Crippen molar-refractivity contribution in [1.82, 2.24) is 35.0 Å². The topological polar surface area (TPSA) is 174 Å². The SMILES string of the molecule is CCCc1nc(C)c2c(=O)[nH]c(-c3c(OCC)ccc(S(=O)(=O)N(NCCO)NCCO)c3CC)nn12. The van der Waals surface area contributed by atoms with Crippen LogP contribution in [0.25, 0.3) is 16.9 Å². The molecule has 0 unspecified atom stereocenters. The molecule has 0 saturated heterocycles. The molecule has 0 fully saturated rings. The number of H-pyrrole nitrogens is 1. The predicted molar refractivity (Wildman–Crippen MR) is 138 cm³/mol. The van der Waals surface area contributed by atoms with Crippen LogP contribution in [-0.4, -0.2) is 75.6 Å². The number of hydrogen-bond donors (Lipinski definition) is 5. The van der Waals surface area contributed by atoms with Crippen molar-refractivity contribution >= 4 is 15.5 Å². The van der Waals surface area contributed by atoms with Gasteiger partial charge in [-0.25, -0.2) is 28.8 Å². The molecule has 0 bridgehead atoms.